The Morgan fingerprint density at radius 2 is 1.88 bits per heavy atom. The average Bonchev–Trinajstić information content (AvgIpc) is 3.14. The molecular weight excluding hydrogens is 208 g/mol. The summed E-state index contributed by atoms with van der Waals surface area (Å²) in [5, 5.41) is 3.60. The summed E-state index contributed by atoms with van der Waals surface area (Å²) in [5.41, 5.74) is 9.11. The first-order valence-electron chi connectivity index (χ1n) is 6.84. The molecule has 3 rings (SSSR count). The van der Waals surface area contributed by atoms with Gasteiger partial charge in [-0.25, -0.2) is 0 Å². The van der Waals surface area contributed by atoms with Gasteiger partial charge in [0.25, 0.3) is 0 Å². The van der Waals surface area contributed by atoms with E-state index in [2.05, 4.69) is 24.4 Å². The van der Waals surface area contributed by atoms with Gasteiger partial charge in [0.1, 0.15) is 0 Å². The van der Waals surface area contributed by atoms with Gasteiger partial charge < -0.3 is 11.1 Å². The van der Waals surface area contributed by atoms with Crippen molar-refractivity contribution >= 4 is 11.4 Å². The van der Waals surface area contributed by atoms with Gasteiger partial charge in [-0.3, -0.25) is 0 Å². The summed E-state index contributed by atoms with van der Waals surface area (Å²) in [4.78, 5) is 0. The summed E-state index contributed by atoms with van der Waals surface area (Å²) in [6.45, 7) is 3.22. The third kappa shape index (κ3) is 2.56. The number of anilines is 2. The van der Waals surface area contributed by atoms with E-state index in [-0.39, 0.29) is 0 Å². The number of hydrogen-bond donors (Lipinski definition) is 2. The molecule has 0 aromatic heterocycles. The Hall–Kier alpha value is -1.18. The van der Waals surface area contributed by atoms with Crippen LogP contribution in [-0.4, -0.2) is 6.54 Å². The second-order valence-corrected chi connectivity index (χ2v) is 5.79. The molecule has 3 N–H and O–H groups in total. The van der Waals surface area contributed by atoms with Crippen molar-refractivity contribution in [2.75, 3.05) is 17.6 Å². The van der Waals surface area contributed by atoms with Crippen molar-refractivity contribution in [3.8, 4) is 0 Å². The second kappa shape index (κ2) is 4.25. The summed E-state index contributed by atoms with van der Waals surface area (Å²) >= 11 is 0. The molecule has 0 heterocycles. The van der Waals surface area contributed by atoms with Crippen LogP contribution in [0.15, 0.2) is 18.2 Å². The van der Waals surface area contributed by atoms with Crippen molar-refractivity contribution in [2.45, 2.75) is 32.6 Å². The van der Waals surface area contributed by atoms with Gasteiger partial charge in [-0.1, -0.05) is 0 Å². The lowest BCUT2D eigenvalue weighted by atomic mass is 9.98. The number of nitrogens with one attached hydrogen (secondary N) is 1. The third-order valence-corrected chi connectivity index (χ3v) is 4.27. The number of nitrogen functional groups attached to an aromatic ring is 1. The minimum atomic E-state index is 0.886. The molecular formula is C15H22N2. The standard InChI is InChI=1S/C15H22N2/c1-10-8-13(6-7-15(10)16)17-9-14(11-2-3-11)12-4-5-12/h6-8,11-12,14,17H,2-5,9,16H2,1H3. The predicted molar refractivity (Wildman–Crippen MR) is 73.0 cm³/mol. The molecule has 2 aliphatic rings. The highest BCUT2D eigenvalue weighted by Gasteiger charge is 2.40. The van der Waals surface area contributed by atoms with Crippen molar-refractivity contribution < 1.29 is 0 Å². The van der Waals surface area contributed by atoms with Gasteiger partial charge >= 0.3 is 0 Å². The molecule has 0 radical (unpaired) electrons. The summed E-state index contributed by atoms with van der Waals surface area (Å²) in [6, 6.07) is 6.26. The zero-order valence-corrected chi connectivity index (χ0v) is 10.6. The van der Waals surface area contributed by atoms with E-state index in [1.54, 1.807) is 0 Å². The molecule has 1 aromatic rings. The Bertz CT molecular complexity index is 393. The fourth-order valence-electron chi connectivity index (χ4n) is 2.79. The molecule has 0 saturated heterocycles. The van der Waals surface area contributed by atoms with Crippen LogP contribution in [-0.2, 0) is 0 Å². The van der Waals surface area contributed by atoms with Gasteiger partial charge in [0, 0.05) is 17.9 Å². The van der Waals surface area contributed by atoms with Crippen LogP contribution in [0.25, 0.3) is 0 Å². The fraction of sp³-hybridized carbons (Fsp3) is 0.600. The van der Waals surface area contributed by atoms with E-state index in [0.29, 0.717) is 0 Å². The second-order valence-electron chi connectivity index (χ2n) is 5.79. The SMILES string of the molecule is Cc1cc(NCC(C2CC2)C2CC2)ccc1N. The summed E-state index contributed by atoms with van der Waals surface area (Å²) in [6.07, 6.45) is 5.85. The highest BCUT2D eigenvalue weighted by atomic mass is 14.9. The predicted octanol–water partition coefficient (Wildman–Crippen LogP) is 3.43. The molecule has 2 heteroatoms. The van der Waals surface area contributed by atoms with Crippen LogP contribution >= 0.6 is 0 Å². The van der Waals surface area contributed by atoms with E-state index in [1.165, 1.54) is 36.9 Å². The van der Waals surface area contributed by atoms with Crippen molar-refractivity contribution in [1.82, 2.24) is 0 Å². The topological polar surface area (TPSA) is 38.0 Å². The molecule has 0 bridgehead atoms. The lowest BCUT2D eigenvalue weighted by Gasteiger charge is -2.17. The minimum absolute atomic E-state index is 0.886. The van der Waals surface area contributed by atoms with Gasteiger partial charge in [-0.05, 0) is 74.1 Å². The lowest BCUT2D eigenvalue weighted by molar-refractivity contribution is 0.428. The monoisotopic (exact) mass is 230 g/mol. The molecule has 2 fully saturated rings. The van der Waals surface area contributed by atoms with Crippen LogP contribution in [0.2, 0.25) is 0 Å². The van der Waals surface area contributed by atoms with Crippen LogP contribution in [0.3, 0.4) is 0 Å². The molecule has 0 unspecified atom stereocenters. The van der Waals surface area contributed by atoms with E-state index >= 15 is 0 Å². The van der Waals surface area contributed by atoms with Gasteiger partial charge in [0.05, 0.1) is 0 Å². The van der Waals surface area contributed by atoms with E-state index < -0.39 is 0 Å². The van der Waals surface area contributed by atoms with E-state index in [9.17, 15) is 0 Å². The fourth-order valence-corrected chi connectivity index (χ4v) is 2.79. The number of nitrogens with two attached hydrogens (primary N) is 1. The number of hydrogen-bond acceptors (Lipinski definition) is 2. The lowest BCUT2D eigenvalue weighted by Crippen LogP contribution is -2.18. The van der Waals surface area contributed by atoms with Crippen LogP contribution in [0.5, 0.6) is 0 Å². The van der Waals surface area contributed by atoms with Gasteiger partial charge in [-0.2, -0.15) is 0 Å². The molecule has 1 aromatic carbocycles. The molecule has 92 valence electrons. The molecule has 17 heavy (non-hydrogen) atoms. The molecule has 0 atom stereocenters. The van der Waals surface area contributed by atoms with Crippen molar-refractivity contribution in [3.63, 3.8) is 0 Å². The zero-order valence-electron chi connectivity index (χ0n) is 10.6. The van der Waals surface area contributed by atoms with E-state index in [1.807, 2.05) is 6.07 Å². The quantitative estimate of drug-likeness (QED) is 0.761. The Morgan fingerprint density at radius 1 is 1.24 bits per heavy atom. The molecule has 0 amide bonds. The zero-order chi connectivity index (χ0) is 11.8. The van der Waals surface area contributed by atoms with E-state index in [4.69, 9.17) is 5.73 Å². The highest BCUT2D eigenvalue weighted by molar-refractivity contribution is 5.56. The van der Waals surface area contributed by atoms with Crippen LogP contribution in [0, 0.1) is 24.7 Å². The number of aryl methyl sites for hydroxylation is 1. The Morgan fingerprint density at radius 3 is 2.41 bits per heavy atom. The summed E-state index contributed by atoms with van der Waals surface area (Å²) in [7, 11) is 0. The maximum absolute atomic E-state index is 5.83. The van der Waals surface area contributed by atoms with Gasteiger partial charge in [0.2, 0.25) is 0 Å². The Labute approximate surface area is 104 Å². The van der Waals surface area contributed by atoms with Crippen molar-refractivity contribution in [2.24, 2.45) is 17.8 Å². The average molecular weight is 230 g/mol. The van der Waals surface area contributed by atoms with Crippen LogP contribution in [0.4, 0.5) is 11.4 Å². The molecule has 0 spiro atoms. The molecule has 2 nitrogen and oxygen atoms in total. The molecule has 2 saturated carbocycles. The molecule has 0 aliphatic heterocycles. The number of rotatable bonds is 5. The van der Waals surface area contributed by atoms with Crippen LogP contribution in [0.1, 0.15) is 31.2 Å². The maximum Gasteiger partial charge on any atom is 0.0345 e. The Balaban J connectivity index is 1.60. The number of benzene rings is 1. The van der Waals surface area contributed by atoms with Gasteiger partial charge in [-0.15, -0.1) is 0 Å². The van der Waals surface area contributed by atoms with Crippen molar-refractivity contribution in [1.29, 1.82) is 0 Å². The summed E-state index contributed by atoms with van der Waals surface area (Å²) < 4.78 is 0. The van der Waals surface area contributed by atoms with Crippen molar-refractivity contribution in [3.05, 3.63) is 23.8 Å². The Kier molecular flexibility index (Phi) is 2.73. The van der Waals surface area contributed by atoms with Gasteiger partial charge in [0.15, 0.2) is 0 Å². The first-order valence-corrected chi connectivity index (χ1v) is 6.84. The highest BCUT2D eigenvalue weighted by Crippen LogP contribution is 2.49. The maximum atomic E-state index is 5.83. The first kappa shape index (κ1) is 10.9. The largest absolute Gasteiger partial charge is 0.399 e. The third-order valence-electron chi connectivity index (χ3n) is 4.27. The first-order chi connectivity index (χ1) is 8.24. The summed E-state index contributed by atoms with van der Waals surface area (Å²) in [5.74, 6) is 2.96. The van der Waals surface area contributed by atoms with Crippen LogP contribution < -0.4 is 11.1 Å². The normalized spacial score (nSPS) is 19.6. The molecule has 2 aliphatic carbocycles. The van der Waals surface area contributed by atoms with E-state index in [0.717, 1.165) is 30.0 Å². The minimum Gasteiger partial charge on any atom is -0.399 e. The smallest absolute Gasteiger partial charge is 0.0345 e.